The van der Waals surface area contributed by atoms with Crippen LogP contribution in [0.1, 0.15) is 56.4 Å². The molecule has 1 aliphatic heterocycles. The minimum absolute atomic E-state index is 0.0464. The predicted octanol–water partition coefficient (Wildman–Crippen LogP) is 4.72. The lowest BCUT2D eigenvalue weighted by atomic mass is 9.99. The number of hydrogen-bond donors (Lipinski definition) is 3. The molecule has 3 aromatic rings. The SMILES string of the molecule is CCCN(OCC)C(=O)C1=Cc2ccc(-c3cnc(CNC(=O)CCOCCOCCOCCOCCOCCOCCOCCOCCOCCOCCC(=O)Oc4c(F)c(F)c([SH](=O)=O)c(F)c4F)cc3C)cc2N=C(N)C1. The second kappa shape index (κ2) is 39.0. The monoisotopic (exact) mass is 1160 g/mol. The maximum absolute atomic E-state index is 13.9. The van der Waals surface area contributed by atoms with Crippen LogP contribution in [0.2, 0.25) is 0 Å². The number of hydrogen-bond acceptors (Lipinski definition) is 20. The fourth-order valence-corrected chi connectivity index (χ4v) is 7.66. The Bertz CT molecular complexity index is 2500. The molecule has 0 spiro atoms. The number of hydroxylamine groups is 2. The first-order valence-corrected chi connectivity index (χ1v) is 27.3. The summed E-state index contributed by atoms with van der Waals surface area (Å²) in [5.74, 6) is -11.7. The normalized spacial score (nSPS) is 12.3. The Balaban J connectivity index is 0.868. The minimum Gasteiger partial charge on any atom is -0.420 e. The average Bonchev–Trinajstić information content (AvgIpc) is 3.72. The van der Waals surface area contributed by atoms with Crippen LogP contribution < -0.4 is 15.8 Å². The number of carbonyl (C=O) groups is 3. The van der Waals surface area contributed by atoms with Crippen molar-refractivity contribution in [3.8, 4) is 16.9 Å². The molecule has 1 aromatic heterocycles. The minimum atomic E-state index is -3.98. The van der Waals surface area contributed by atoms with E-state index in [4.69, 9.17) is 57.9 Å². The summed E-state index contributed by atoms with van der Waals surface area (Å²) in [6.07, 6.45) is 4.23. The number of benzene rings is 2. The molecule has 27 heteroatoms. The molecule has 1 aliphatic rings. The highest BCUT2D eigenvalue weighted by atomic mass is 32.2. The molecule has 2 heterocycles. The van der Waals surface area contributed by atoms with Crippen LogP contribution in [0.5, 0.6) is 5.75 Å². The highest BCUT2D eigenvalue weighted by Gasteiger charge is 2.30. The van der Waals surface area contributed by atoms with Gasteiger partial charge in [-0.25, -0.2) is 27.3 Å². The van der Waals surface area contributed by atoms with Gasteiger partial charge in [0.1, 0.15) is 10.7 Å². The lowest BCUT2D eigenvalue weighted by Crippen LogP contribution is -2.34. The van der Waals surface area contributed by atoms with E-state index in [1.54, 1.807) is 6.20 Å². The van der Waals surface area contributed by atoms with Gasteiger partial charge in [0, 0.05) is 42.3 Å². The van der Waals surface area contributed by atoms with Crippen LogP contribution in [0.25, 0.3) is 17.2 Å². The van der Waals surface area contributed by atoms with Gasteiger partial charge in [0.2, 0.25) is 23.3 Å². The van der Waals surface area contributed by atoms with Gasteiger partial charge in [-0.3, -0.25) is 24.2 Å². The molecule has 0 unspecified atom stereocenters. The first-order valence-electron chi connectivity index (χ1n) is 26.1. The number of nitrogens with one attached hydrogen (secondary N) is 1. The van der Waals surface area contributed by atoms with E-state index < -0.39 is 57.0 Å². The molecular formula is C53H73F4N5O17S. The molecule has 0 saturated carbocycles. The van der Waals surface area contributed by atoms with Gasteiger partial charge < -0.3 is 63.2 Å². The number of halogens is 4. The van der Waals surface area contributed by atoms with Gasteiger partial charge in [-0.2, -0.15) is 8.78 Å². The number of aliphatic imine (C=N–C) groups is 1. The predicted molar refractivity (Wildman–Crippen MR) is 282 cm³/mol. The van der Waals surface area contributed by atoms with E-state index in [-0.39, 0.29) is 70.8 Å². The molecule has 0 fully saturated rings. The van der Waals surface area contributed by atoms with Crippen LogP contribution in [-0.2, 0) is 83.8 Å². The van der Waals surface area contributed by atoms with E-state index in [9.17, 15) is 40.4 Å². The van der Waals surface area contributed by atoms with Crippen molar-refractivity contribution in [2.45, 2.75) is 57.9 Å². The second-order valence-corrected chi connectivity index (χ2v) is 18.1. The summed E-state index contributed by atoms with van der Waals surface area (Å²) >= 11 is 0. The molecule has 3 N–H and O–H groups in total. The molecule has 446 valence electrons. The van der Waals surface area contributed by atoms with Gasteiger partial charge in [-0.05, 0) is 49.6 Å². The number of esters is 1. The van der Waals surface area contributed by atoms with Gasteiger partial charge in [-0.15, -0.1) is 0 Å². The summed E-state index contributed by atoms with van der Waals surface area (Å²) in [5.41, 5.74) is 11.7. The lowest BCUT2D eigenvalue weighted by Gasteiger charge is -2.21. The zero-order chi connectivity index (χ0) is 57.9. The molecule has 2 aromatic carbocycles. The van der Waals surface area contributed by atoms with Crippen molar-refractivity contribution >= 4 is 46.1 Å². The topological polar surface area (TPSA) is 263 Å². The molecule has 2 amide bonds. The summed E-state index contributed by atoms with van der Waals surface area (Å²) in [4.78, 5) is 50.5. The molecule has 0 radical (unpaired) electrons. The largest absolute Gasteiger partial charge is 0.420 e. The molecule has 80 heavy (non-hydrogen) atoms. The summed E-state index contributed by atoms with van der Waals surface area (Å²) in [5, 5.41) is 4.27. The van der Waals surface area contributed by atoms with Gasteiger partial charge in [0.05, 0.1) is 163 Å². The van der Waals surface area contributed by atoms with Crippen molar-refractivity contribution in [1.82, 2.24) is 15.4 Å². The molecule has 4 rings (SSSR count). The fourth-order valence-electron chi connectivity index (χ4n) is 7.15. The number of amidine groups is 1. The summed E-state index contributed by atoms with van der Waals surface area (Å²) in [6.45, 7) is 12.9. The molecule has 0 saturated heterocycles. The molecule has 0 atom stereocenters. The average molecular weight is 1160 g/mol. The highest BCUT2D eigenvalue weighted by Crippen LogP contribution is 2.34. The van der Waals surface area contributed by atoms with Crippen LogP contribution in [0.4, 0.5) is 23.2 Å². The van der Waals surface area contributed by atoms with Crippen LogP contribution >= 0.6 is 0 Å². The first-order chi connectivity index (χ1) is 38.7. The summed E-state index contributed by atoms with van der Waals surface area (Å²) in [7, 11) is -3.98. The zero-order valence-electron chi connectivity index (χ0n) is 45.4. The third-order valence-electron chi connectivity index (χ3n) is 11.0. The van der Waals surface area contributed by atoms with E-state index in [0.717, 1.165) is 28.7 Å². The second-order valence-electron chi connectivity index (χ2n) is 17.1. The number of pyridine rings is 1. The molecular weight excluding hydrogens is 1090 g/mol. The number of amides is 2. The van der Waals surface area contributed by atoms with Gasteiger partial charge in [-0.1, -0.05) is 19.1 Å². The van der Waals surface area contributed by atoms with Crippen LogP contribution in [-0.4, -0.2) is 187 Å². The third kappa shape index (κ3) is 24.7. The zero-order valence-corrected chi connectivity index (χ0v) is 46.3. The van der Waals surface area contributed by atoms with E-state index in [2.05, 4.69) is 20.0 Å². The molecule has 0 bridgehead atoms. The number of aromatic nitrogens is 1. The standard InChI is InChI=1S/C53H73F4N5O17S/c1-4-10-62(78-5-2)53(65)40-32-39-7-6-38(33-43(39)61-44(58)34-40)42-36-59-41(31-37(42)3)35-60-45(63)8-11-68-13-15-70-17-19-72-21-23-74-25-27-76-29-30-77-28-26-75-24-22-73-20-18-71-16-14-69-12-9-46(64)79-51-47(54)49(56)52(80(66)67)50(57)48(51)55/h6-7,31-33,36,80H,4-5,8-30,34-35H2,1-3H3,(H2,58,61)(H,60,63). The number of nitrogens with zero attached hydrogens (tertiary/aromatic N) is 3. The third-order valence-corrected chi connectivity index (χ3v) is 11.8. The maximum Gasteiger partial charge on any atom is 0.313 e. The van der Waals surface area contributed by atoms with Crippen LogP contribution in [0, 0.1) is 30.2 Å². The summed E-state index contributed by atoms with van der Waals surface area (Å²) < 4.78 is 136. The number of aryl methyl sites for hydroxylation is 1. The molecule has 0 aliphatic carbocycles. The summed E-state index contributed by atoms with van der Waals surface area (Å²) in [6, 6.07) is 7.74. The van der Waals surface area contributed by atoms with Crippen LogP contribution in [0.3, 0.4) is 0 Å². The Morgan fingerprint density at radius 1 is 0.662 bits per heavy atom. The number of carbonyl (C=O) groups excluding carboxylic acids is 3. The fraction of sp³-hybridized carbons (Fsp3) is 0.566. The van der Waals surface area contributed by atoms with Crippen molar-refractivity contribution in [3.05, 3.63) is 76.1 Å². The van der Waals surface area contributed by atoms with Crippen LogP contribution in [0.15, 0.2) is 45.9 Å². The molecule has 22 nitrogen and oxygen atoms in total. The van der Waals surface area contributed by atoms with Gasteiger partial charge in [0.25, 0.3) is 5.91 Å². The quantitative estimate of drug-likeness (QED) is 0.0132. The van der Waals surface area contributed by atoms with Crippen molar-refractivity contribution in [2.24, 2.45) is 10.7 Å². The van der Waals surface area contributed by atoms with E-state index in [1.165, 1.54) is 5.06 Å². The van der Waals surface area contributed by atoms with Gasteiger partial charge >= 0.3 is 5.97 Å². The lowest BCUT2D eigenvalue weighted by molar-refractivity contribution is -0.180. The Hall–Kier alpha value is -5.56. The Morgan fingerprint density at radius 3 is 1.59 bits per heavy atom. The van der Waals surface area contributed by atoms with Crippen molar-refractivity contribution in [3.63, 3.8) is 0 Å². The van der Waals surface area contributed by atoms with Crippen molar-refractivity contribution < 1.29 is 97.3 Å². The number of nitrogens with two attached hydrogens (primary N) is 1. The van der Waals surface area contributed by atoms with Crippen molar-refractivity contribution in [1.29, 1.82) is 0 Å². The van der Waals surface area contributed by atoms with E-state index in [0.29, 0.717) is 128 Å². The Morgan fingerprint density at radius 2 is 1.14 bits per heavy atom. The Labute approximate surface area is 464 Å². The number of thiol groups is 1. The van der Waals surface area contributed by atoms with Crippen molar-refractivity contribution in [2.75, 3.05) is 145 Å². The van der Waals surface area contributed by atoms with E-state index >= 15 is 0 Å². The highest BCUT2D eigenvalue weighted by molar-refractivity contribution is 7.72. The maximum atomic E-state index is 13.9. The van der Waals surface area contributed by atoms with E-state index in [1.807, 2.05) is 51.1 Å². The smallest absolute Gasteiger partial charge is 0.313 e. The number of ether oxygens (including phenoxy) is 11. The number of rotatable bonds is 43. The van der Waals surface area contributed by atoms with Gasteiger partial charge in [0.15, 0.2) is 22.3 Å². The Kier molecular flexibility index (Phi) is 32.6. The first kappa shape index (κ1) is 66.9. The number of fused-ring (bicyclic) bond motifs is 1.